The monoisotopic (exact) mass is 454 g/mol. The number of piperazine rings is 1. The van der Waals surface area contributed by atoms with E-state index in [4.69, 9.17) is 5.26 Å². The molecule has 0 aromatic heterocycles. The van der Waals surface area contributed by atoms with Gasteiger partial charge in [0.15, 0.2) is 0 Å². The minimum absolute atomic E-state index is 0.0125. The Bertz CT molecular complexity index is 1050. The van der Waals surface area contributed by atoms with Gasteiger partial charge in [-0.2, -0.15) is 9.57 Å². The van der Waals surface area contributed by atoms with Crippen LogP contribution in [0.5, 0.6) is 0 Å². The number of nitrogens with zero attached hydrogens (tertiary/aromatic N) is 4. The Morgan fingerprint density at radius 2 is 1.66 bits per heavy atom. The summed E-state index contributed by atoms with van der Waals surface area (Å²) in [6.07, 6.45) is 0.254. The fourth-order valence-corrected chi connectivity index (χ4v) is 5.50. The normalized spacial score (nSPS) is 15.3. The third-order valence-electron chi connectivity index (χ3n) is 5.54. The van der Waals surface area contributed by atoms with Gasteiger partial charge in [0.05, 0.1) is 24.8 Å². The second-order valence-corrected chi connectivity index (χ2v) is 10.2. The number of sulfonamides is 1. The van der Waals surface area contributed by atoms with Gasteiger partial charge in [-0.1, -0.05) is 36.4 Å². The van der Waals surface area contributed by atoms with Crippen LogP contribution in [0.4, 0.5) is 5.69 Å². The molecule has 2 aromatic rings. The molecule has 0 bridgehead atoms. The zero-order valence-corrected chi connectivity index (χ0v) is 19.5. The maximum atomic E-state index is 13.1. The number of benzene rings is 2. The third kappa shape index (κ3) is 6.39. The first-order valence-electron chi connectivity index (χ1n) is 10.8. The first kappa shape index (κ1) is 23.9. The number of nitriles is 1. The molecule has 7 nitrogen and oxygen atoms in total. The highest BCUT2D eigenvalue weighted by molar-refractivity contribution is 7.88. The van der Waals surface area contributed by atoms with E-state index < -0.39 is 10.0 Å². The molecule has 1 aliphatic rings. The number of hydrogen-bond acceptors (Lipinski definition) is 5. The number of carbonyl (C=O) groups is 1. The second-order valence-electron chi connectivity index (χ2n) is 8.22. The smallest absolute Gasteiger partial charge is 0.241 e. The Morgan fingerprint density at radius 1 is 1.03 bits per heavy atom. The Hall–Kier alpha value is -2.73. The first-order valence-corrected chi connectivity index (χ1v) is 12.4. The van der Waals surface area contributed by atoms with Gasteiger partial charge >= 0.3 is 0 Å². The summed E-state index contributed by atoms with van der Waals surface area (Å²) >= 11 is 0. The predicted octanol–water partition coefficient (Wildman–Crippen LogP) is 2.70. The molecular formula is C24H30N4O3S. The summed E-state index contributed by atoms with van der Waals surface area (Å²) in [5.74, 6) is -0.0904. The molecule has 0 aliphatic carbocycles. The van der Waals surface area contributed by atoms with Crippen molar-refractivity contribution in [1.82, 2.24) is 9.21 Å². The fourth-order valence-electron chi connectivity index (χ4n) is 3.98. The van der Waals surface area contributed by atoms with Crippen LogP contribution in [-0.4, -0.2) is 62.8 Å². The lowest BCUT2D eigenvalue weighted by atomic mass is 10.1. The molecule has 1 fully saturated rings. The van der Waals surface area contributed by atoms with Crippen LogP contribution in [0, 0.1) is 25.2 Å². The zero-order valence-electron chi connectivity index (χ0n) is 18.7. The molecule has 8 heteroatoms. The van der Waals surface area contributed by atoms with Crippen LogP contribution >= 0.6 is 0 Å². The predicted molar refractivity (Wildman–Crippen MR) is 126 cm³/mol. The van der Waals surface area contributed by atoms with Gasteiger partial charge in [-0.05, 0) is 42.7 Å². The molecule has 3 rings (SSSR count). The lowest BCUT2D eigenvalue weighted by molar-refractivity contribution is -0.120. The molecule has 0 saturated carbocycles. The standard InChI is InChI=1S/C24H30N4O3S/c1-20-15-21(2)17-23(16-20)28(10-6-9-25)24(29)18-26-11-13-27(14-12-26)32(30,31)19-22-7-4-3-5-8-22/h3-5,7-8,15-17H,6,10-14,18-19H2,1-2H3. The van der Waals surface area contributed by atoms with Crippen LogP contribution in [0.3, 0.4) is 0 Å². The van der Waals surface area contributed by atoms with Crippen molar-refractivity contribution in [2.75, 3.05) is 44.2 Å². The molecule has 0 unspecified atom stereocenters. The molecule has 32 heavy (non-hydrogen) atoms. The van der Waals surface area contributed by atoms with E-state index in [1.807, 2.05) is 67.3 Å². The zero-order chi connectivity index (χ0) is 23.1. The van der Waals surface area contributed by atoms with Crippen LogP contribution < -0.4 is 4.90 Å². The van der Waals surface area contributed by atoms with Crippen LogP contribution in [0.1, 0.15) is 23.1 Å². The summed E-state index contributed by atoms with van der Waals surface area (Å²) in [6, 6.07) is 17.2. The van der Waals surface area contributed by atoms with E-state index in [1.165, 1.54) is 4.31 Å². The minimum atomic E-state index is -3.39. The van der Waals surface area contributed by atoms with Crippen molar-refractivity contribution in [2.45, 2.75) is 26.0 Å². The van der Waals surface area contributed by atoms with Crippen molar-refractivity contribution in [2.24, 2.45) is 0 Å². The van der Waals surface area contributed by atoms with Crippen LogP contribution in [0.2, 0.25) is 0 Å². The van der Waals surface area contributed by atoms with Gasteiger partial charge in [0.25, 0.3) is 0 Å². The minimum Gasteiger partial charge on any atom is -0.310 e. The Balaban J connectivity index is 1.61. The average molecular weight is 455 g/mol. The topological polar surface area (TPSA) is 84.7 Å². The summed E-state index contributed by atoms with van der Waals surface area (Å²) in [6.45, 7) is 6.23. The van der Waals surface area contributed by atoms with E-state index in [0.29, 0.717) is 32.7 Å². The lowest BCUT2D eigenvalue weighted by Gasteiger charge is -2.34. The average Bonchev–Trinajstić information content (AvgIpc) is 2.74. The van der Waals surface area contributed by atoms with Crippen LogP contribution in [-0.2, 0) is 20.6 Å². The third-order valence-corrected chi connectivity index (χ3v) is 7.39. The molecule has 1 heterocycles. The van der Waals surface area contributed by atoms with E-state index in [9.17, 15) is 13.2 Å². The Morgan fingerprint density at radius 3 is 2.25 bits per heavy atom. The number of carbonyl (C=O) groups excluding carboxylic acids is 1. The summed E-state index contributed by atoms with van der Waals surface area (Å²) in [5.41, 5.74) is 3.69. The quantitative estimate of drug-likeness (QED) is 0.612. The lowest BCUT2D eigenvalue weighted by Crippen LogP contribution is -2.51. The Labute approximate surface area is 190 Å². The number of aryl methyl sites for hydroxylation is 2. The van der Waals surface area contributed by atoms with Gasteiger partial charge in [0.2, 0.25) is 15.9 Å². The van der Waals surface area contributed by atoms with Crippen molar-refractivity contribution >= 4 is 21.6 Å². The molecule has 1 aliphatic heterocycles. The van der Waals surface area contributed by atoms with Crippen molar-refractivity contribution in [3.8, 4) is 6.07 Å². The molecular weight excluding hydrogens is 424 g/mol. The van der Waals surface area contributed by atoms with Crippen molar-refractivity contribution in [3.05, 3.63) is 65.2 Å². The van der Waals surface area contributed by atoms with Gasteiger partial charge < -0.3 is 4.90 Å². The molecule has 1 saturated heterocycles. The Kier molecular flexibility index (Phi) is 8.02. The molecule has 0 radical (unpaired) electrons. The van der Waals surface area contributed by atoms with Crippen molar-refractivity contribution in [1.29, 1.82) is 5.26 Å². The van der Waals surface area contributed by atoms with Crippen LogP contribution in [0.25, 0.3) is 0 Å². The van der Waals surface area contributed by atoms with Gasteiger partial charge in [0, 0.05) is 38.4 Å². The molecule has 2 aromatic carbocycles. The number of amides is 1. The molecule has 0 atom stereocenters. The van der Waals surface area contributed by atoms with E-state index in [1.54, 1.807) is 4.90 Å². The molecule has 170 valence electrons. The largest absolute Gasteiger partial charge is 0.310 e. The highest BCUT2D eigenvalue weighted by atomic mass is 32.2. The van der Waals surface area contributed by atoms with Crippen LogP contribution in [0.15, 0.2) is 48.5 Å². The maximum absolute atomic E-state index is 13.1. The van der Waals surface area contributed by atoms with E-state index in [-0.39, 0.29) is 24.6 Å². The number of rotatable bonds is 8. The molecule has 0 spiro atoms. The number of anilines is 1. The van der Waals surface area contributed by atoms with Gasteiger partial charge in [-0.3, -0.25) is 9.69 Å². The van der Waals surface area contributed by atoms with Gasteiger partial charge in [-0.15, -0.1) is 0 Å². The van der Waals surface area contributed by atoms with Crippen molar-refractivity contribution in [3.63, 3.8) is 0 Å². The molecule has 0 N–H and O–H groups in total. The number of hydrogen-bond donors (Lipinski definition) is 0. The van der Waals surface area contributed by atoms with E-state index in [0.717, 1.165) is 22.4 Å². The fraction of sp³-hybridized carbons (Fsp3) is 0.417. The summed E-state index contributed by atoms with van der Waals surface area (Å²) in [7, 11) is -3.39. The SMILES string of the molecule is Cc1cc(C)cc(N(CCC#N)C(=O)CN2CCN(S(=O)(=O)Cc3ccccc3)CC2)c1. The maximum Gasteiger partial charge on any atom is 0.241 e. The van der Waals surface area contributed by atoms with E-state index in [2.05, 4.69) is 6.07 Å². The van der Waals surface area contributed by atoms with Gasteiger partial charge in [-0.25, -0.2) is 8.42 Å². The summed E-state index contributed by atoms with van der Waals surface area (Å²) in [5, 5.41) is 9.02. The van der Waals surface area contributed by atoms with Gasteiger partial charge in [0.1, 0.15) is 0 Å². The van der Waals surface area contributed by atoms with E-state index >= 15 is 0 Å². The second kappa shape index (κ2) is 10.7. The van der Waals surface area contributed by atoms with Crippen molar-refractivity contribution < 1.29 is 13.2 Å². The summed E-state index contributed by atoms with van der Waals surface area (Å²) in [4.78, 5) is 16.8. The highest BCUT2D eigenvalue weighted by Crippen LogP contribution is 2.20. The highest BCUT2D eigenvalue weighted by Gasteiger charge is 2.29. The first-order chi connectivity index (χ1) is 15.3. The summed E-state index contributed by atoms with van der Waals surface area (Å²) < 4.78 is 27.0. The molecule has 1 amide bonds.